The van der Waals surface area contributed by atoms with Crippen LogP contribution in [0.2, 0.25) is 0 Å². The van der Waals surface area contributed by atoms with Gasteiger partial charge in [0, 0.05) is 18.8 Å². The van der Waals surface area contributed by atoms with E-state index in [9.17, 15) is 4.79 Å². The maximum absolute atomic E-state index is 11.6. The Morgan fingerprint density at radius 3 is 2.53 bits per heavy atom. The summed E-state index contributed by atoms with van der Waals surface area (Å²) in [6.07, 6.45) is 14.8. The Kier molecular flexibility index (Phi) is 5.79. The molecule has 5 fully saturated rings. The number of hydrogen-bond donors (Lipinski definition) is 0. The molecule has 0 aromatic carbocycles. The van der Waals surface area contributed by atoms with E-state index in [0.717, 1.165) is 48.3 Å². The highest BCUT2D eigenvalue weighted by molar-refractivity contribution is 5.66. The van der Waals surface area contributed by atoms with E-state index in [1.54, 1.807) is 6.92 Å². The first-order valence-corrected chi connectivity index (χ1v) is 14.0. The zero-order valence-electron chi connectivity index (χ0n) is 21.6. The van der Waals surface area contributed by atoms with E-state index < -0.39 is 0 Å². The number of carbonyl (C=O) groups excluding carboxylic acids is 1. The van der Waals surface area contributed by atoms with Crippen molar-refractivity contribution < 1.29 is 14.3 Å². The molecule has 0 bridgehead atoms. The molecule has 0 aromatic heterocycles. The van der Waals surface area contributed by atoms with E-state index in [2.05, 4.69) is 34.6 Å². The molecule has 0 N–H and O–H groups in total. The molecule has 4 aliphatic carbocycles. The summed E-state index contributed by atoms with van der Waals surface area (Å²) in [4.78, 5) is 11.6. The molecule has 5 aliphatic rings. The molecule has 5 rings (SSSR count). The van der Waals surface area contributed by atoms with Crippen LogP contribution >= 0.6 is 0 Å². The van der Waals surface area contributed by atoms with E-state index in [1.807, 2.05) is 0 Å². The molecule has 1 spiro atoms. The van der Waals surface area contributed by atoms with Gasteiger partial charge >= 0.3 is 5.97 Å². The SMILES string of the molecule is CC(=O)O[C@H]1CC[C@]2(C)[C@@H]3CC[C@]4(C)[C@H](CC[C@H]4[C@@H](C)CCCC(C)C)[C@H]3C[C@@H]3O[C@@]32C1. The molecule has 3 heteroatoms. The Morgan fingerprint density at radius 2 is 1.81 bits per heavy atom. The fourth-order valence-electron chi connectivity index (χ4n) is 10.00. The largest absolute Gasteiger partial charge is 0.462 e. The standard InChI is InChI=1S/C29H48O3/c1-18(2)8-7-9-19(3)23-10-11-24-22-16-26-29(32-26)17-21(31-20(4)30)12-15-28(29,6)25(22)13-14-27(23,24)5/h18-19,21-26H,7-17H2,1-6H3/t19-,21-,22+,23-,24+,25+,26-,27-,28+,29-/m0/s1. The third kappa shape index (κ3) is 3.42. The van der Waals surface area contributed by atoms with Crippen molar-refractivity contribution in [2.45, 2.75) is 130 Å². The molecule has 4 saturated carbocycles. The van der Waals surface area contributed by atoms with Crippen LogP contribution in [0.15, 0.2) is 0 Å². The lowest BCUT2D eigenvalue weighted by molar-refractivity contribution is -0.157. The van der Waals surface area contributed by atoms with E-state index in [1.165, 1.54) is 57.8 Å². The van der Waals surface area contributed by atoms with Crippen LogP contribution in [0.5, 0.6) is 0 Å². The van der Waals surface area contributed by atoms with Crippen LogP contribution in [0.25, 0.3) is 0 Å². The van der Waals surface area contributed by atoms with Gasteiger partial charge in [-0.25, -0.2) is 0 Å². The normalized spacial score (nSPS) is 50.1. The van der Waals surface area contributed by atoms with Crippen LogP contribution in [-0.2, 0) is 14.3 Å². The first-order chi connectivity index (χ1) is 15.1. The second-order valence-corrected chi connectivity index (χ2v) is 13.5. The maximum atomic E-state index is 11.6. The number of esters is 1. The monoisotopic (exact) mass is 444 g/mol. The molecule has 0 aromatic rings. The molecule has 0 amide bonds. The first kappa shape index (κ1) is 23.2. The number of epoxide rings is 1. The van der Waals surface area contributed by atoms with Gasteiger partial charge in [0.25, 0.3) is 0 Å². The van der Waals surface area contributed by atoms with Crippen LogP contribution < -0.4 is 0 Å². The summed E-state index contributed by atoms with van der Waals surface area (Å²) in [6, 6.07) is 0. The van der Waals surface area contributed by atoms with E-state index in [4.69, 9.17) is 9.47 Å². The first-order valence-electron chi connectivity index (χ1n) is 14.0. The minimum Gasteiger partial charge on any atom is -0.462 e. The molecule has 0 radical (unpaired) electrons. The van der Waals surface area contributed by atoms with Crippen LogP contribution in [0.3, 0.4) is 0 Å². The van der Waals surface area contributed by atoms with Crippen LogP contribution in [0.4, 0.5) is 0 Å². The second-order valence-electron chi connectivity index (χ2n) is 13.5. The lowest BCUT2D eigenvalue weighted by Crippen LogP contribution is -2.59. The average molecular weight is 445 g/mol. The highest BCUT2D eigenvalue weighted by atomic mass is 16.6. The lowest BCUT2D eigenvalue weighted by atomic mass is 9.44. The Labute approximate surface area is 196 Å². The highest BCUT2D eigenvalue weighted by Crippen LogP contribution is 2.74. The summed E-state index contributed by atoms with van der Waals surface area (Å²) in [5.74, 6) is 5.03. The predicted octanol–water partition coefficient (Wildman–Crippen LogP) is 7.17. The van der Waals surface area contributed by atoms with Gasteiger partial charge in [0.1, 0.15) is 11.7 Å². The molecule has 10 atom stereocenters. The van der Waals surface area contributed by atoms with Crippen molar-refractivity contribution in [2.75, 3.05) is 0 Å². The van der Waals surface area contributed by atoms with Gasteiger partial charge in [0.15, 0.2) is 0 Å². The fraction of sp³-hybridized carbons (Fsp3) is 0.966. The number of fused-ring (bicyclic) bond motifs is 4. The van der Waals surface area contributed by atoms with Crippen molar-refractivity contribution >= 4 is 5.97 Å². The lowest BCUT2D eigenvalue weighted by Gasteiger charge is -2.59. The Hall–Kier alpha value is -0.570. The van der Waals surface area contributed by atoms with Gasteiger partial charge in [-0.05, 0) is 85.9 Å². The molecule has 3 nitrogen and oxygen atoms in total. The minimum absolute atomic E-state index is 0.00240. The summed E-state index contributed by atoms with van der Waals surface area (Å²) >= 11 is 0. The van der Waals surface area contributed by atoms with Crippen LogP contribution in [-0.4, -0.2) is 23.8 Å². The molecule has 1 aliphatic heterocycles. The summed E-state index contributed by atoms with van der Waals surface area (Å²) in [5, 5.41) is 0. The minimum atomic E-state index is -0.131. The highest BCUT2D eigenvalue weighted by Gasteiger charge is 2.76. The van der Waals surface area contributed by atoms with Gasteiger partial charge in [-0.3, -0.25) is 4.79 Å². The van der Waals surface area contributed by atoms with E-state index >= 15 is 0 Å². The van der Waals surface area contributed by atoms with Gasteiger partial charge in [-0.1, -0.05) is 53.9 Å². The number of hydrogen-bond acceptors (Lipinski definition) is 3. The van der Waals surface area contributed by atoms with Crippen molar-refractivity contribution in [1.82, 2.24) is 0 Å². The third-order valence-electron chi connectivity index (χ3n) is 11.6. The average Bonchev–Trinajstić information content (AvgIpc) is 3.28. The fourth-order valence-corrected chi connectivity index (χ4v) is 10.00. The summed E-state index contributed by atoms with van der Waals surface area (Å²) in [6.45, 7) is 14.1. The summed E-state index contributed by atoms with van der Waals surface area (Å²) in [5.41, 5.74) is 0.820. The van der Waals surface area contributed by atoms with Crippen molar-refractivity contribution in [1.29, 1.82) is 0 Å². The smallest absolute Gasteiger partial charge is 0.302 e. The molecule has 1 saturated heterocycles. The summed E-state index contributed by atoms with van der Waals surface area (Å²) < 4.78 is 12.3. The van der Waals surface area contributed by atoms with Gasteiger partial charge < -0.3 is 9.47 Å². The van der Waals surface area contributed by atoms with E-state index in [0.29, 0.717) is 11.5 Å². The Morgan fingerprint density at radius 1 is 1.03 bits per heavy atom. The molecular formula is C29H48O3. The van der Waals surface area contributed by atoms with Gasteiger partial charge in [-0.2, -0.15) is 0 Å². The zero-order chi connectivity index (χ0) is 22.9. The van der Waals surface area contributed by atoms with Gasteiger partial charge in [-0.15, -0.1) is 0 Å². The van der Waals surface area contributed by atoms with Gasteiger partial charge in [0.2, 0.25) is 0 Å². The molecule has 1 heterocycles. The van der Waals surface area contributed by atoms with Crippen molar-refractivity contribution in [2.24, 2.45) is 46.3 Å². The van der Waals surface area contributed by atoms with Crippen molar-refractivity contribution in [3.8, 4) is 0 Å². The predicted molar refractivity (Wildman–Crippen MR) is 128 cm³/mol. The molecule has 0 unspecified atom stereocenters. The third-order valence-corrected chi connectivity index (χ3v) is 11.6. The summed E-state index contributed by atoms with van der Waals surface area (Å²) in [7, 11) is 0. The zero-order valence-corrected chi connectivity index (χ0v) is 21.6. The molecule has 32 heavy (non-hydrogen) atoms. The maximum Gasteiger partial charge on any atom is 0.302 e. The van der Waals surface area contributed by atoms with Crippen molar-refractivity contribution in [3.05, 3.63) is 0 Å². The Balaban J connectivity index is 1.30. The number of rotatable bonds is 6. The van der Waals surface area contributed by atoms with E-state index in [-0.39, 0.29) is 23.1 Å². The second kappa shape index (κ2) is 7.99. The molecule has 182 valence electrons. The van der Waals surface area contributed by atoms with Crippen molar-refractivity contribution in [3.63, 3.8) is 0 Å². The van der Waals surface area contributed by atoms with Crippen LogP contribution in [0.1, 0.15) is 112 Å². The number of carbonyl (C=O) groups is 1. The Bertz CT molecular complexity index is 732. The topological polar surface area (TPSA) is 38.8 Å². The quantitative estimate of drug-likeness (QED) is 0.322. The molecular weight excluding hydrogens is 396 g/mol. The number of ether oxygens (including phenoxy) is 2. The van der Waals surface area contributed by atoms with Crippen LogP contribution in [0, 0.1) is 46.3 Å². The van der Waals surface area contributed by atoms with Gasteiger partial charge in [0.05, 0.1) is 6.10 Å².